The smallest absolute Gasteiger partial charge is 0.410 e. The molecule has 230 valence electrons. The molecule has 1 saturated heterocycles. The highest BCUT2D eigenvalue weighted by atomic mass is 19.1. The third kappa shape index (κ3) is 6.58. The largest absolute Gasteiger partial charge is 0.444 e. The van der Waals surface area contributed by atoms with Crippen LogP contribution in [0.1, 0.15) is 56.6 Å². The van der Waals surface area contributed by atoms with Crippen LogP contribution in [0.4, 0.5) is 20.6 Å². The van der Waals surface area contributed by atoms with Crippen LogP contribution in [0.2, 0.25) is 0 Å². The number of hydrogen-bond donors (Lipinski definition) is 1. The van der Waals surface area contributed by atoms with Crippen molar-refractivity contribution in [2.45, 2.75) is 65.6 Å². The second-order valence-electron chi connectivity index (χ2n) is 11.9. The van der Waals surface area contributed by atoms with E-state index in [0.717, 1.165) is 37.0 Å². The van der Waals surface area contributed by atoms with Crippen molar-refractivity contribution in [1.82, 2.24) is 24.1 Å². The summed E-state index contributed by atoms with van der Waals surface area (Å²) in [7, 11) is 1.63. The molecule has 43 heavy (non-hydrogen) atoms. The minimum Gasteiger partial charge on any atom is -0.444 e. The number of piperidine rings is 1. The van der Waals surface area contributed by atoms with Gasteiger partial charge in [-0.2, -0.15) is 5.10 Å². The first-order chi connectivity index (χ1) is 20.5. The molecule has 0 unspecified atom stereocenters. The van der Waals surface area contributed by atoms with E-state index in [0.29, 0.717) is 42.2 Å². The number of nitrogens with one attached hydrogen (secondary N) is 1. The molecule has 0 saturated carbocycles. The fourth-order valence-corrected chi connectivity index (χ4v) is 5.62. The predicted octanol–water partition coefficient (Wildman–Crippen LogP) is 5.26. The summed E-state index contributed by atoms with van der Waals surface area (Å²) >= 11 is 0. The Hall–Kier alpha value is -4.19. The highest BCUT2D eigenvalue weighted by Crippen LogP contribution is 2.32. The molecule has 1 aliphatic heterocycles. The van der Waals surface area contributed by atoms with Gasteiger partial charge in [-0.3, -0.25) is 9.48 Å². The van der Waals surface area contributed by atoms with Crippen molar-refractivity contribution in [3.8, 4) is 0 Å². The van der Waals surface area contributed by atoms with Crippen LogP contribution in [0, 0.1) is 12.7 Å². The Morgan fingerprint density at radius 2 is 1.91 bits per heavy atom. The molecule has 3 aromatic heterocycles. The number of hydrogen-bond acceptors (Lipinski definition) is 7. The van der Waals surface area contributed by atoms with Crippen LogP contribution in [0.15, 0.2) is 36.8 Å². The predicted molar refractivity (Wildman–Crippen MR) is 163 cm³/mol. The van der Waals surface area contributed by atoms with E-state index >= 15 is 0 Å². The van der Waals surface area contributed by atoms with Crippen LogP contribution >= 0.6 is 0 Å². The lowest BCUT2D eigenvalue weighted by Crippen LogP contribution is -2.48. The van der Waals surface area contributed by atoms with Crippen LogP contribution in [-0.2, 0) is 16.0 Å². The lowest BCUT2D eigenvalue weighted by Gasteiger charge is -2.39. The number of methoxy groups -OCH3 is 1. The van der Waals surface area contributed by atoms with E-state index in [1.54, 1.807) is 41.6 Å². The third-order valence-electron chi connectivity index (χ3n) is 7.57. The van der Waals surface area contributed by atoms with E-state index in [2.05, 4.69) is 15.2 Å². The molecule has 1 N–H and O–H groups in total. The molecule has 5 rings (SSSR count). The van der Waals surface area contributed by atoms with Crippen molar-refractivity contribution in [3.63, 3.8) is 0 Å². The van der Waals surface area contributed by atoms with Gasteiger partial charge < -0.3 is 29.0 Å². The van der Waals surface area contributed by atoms with E-state index in [-0.39, 0.29) is 17.8 Å². The van der Waals surface area contributed by atoms with Gasteiger partial charge in [0.2, 0.25) is 0 Å². The lowest BCUT2D eigenvalue weighted by atomic mass is 10.0. The quantitative estimate of drug-likeness (QED) is 0.297. The Bertz CT molecular complexity index is 1630. The summed E-state index contributed by atoms with van der Waals surface area (Å²) in [6.45, 7) is 12.4. The molecule has 1 aromatic carbocycles. The van der Waals surface area contributed by atoms with Crippen LogP contribution < -0.4 is 10.2 Å². The molecule has 0 radical (unpaired) electrons. The molecule has 0 atom stereocenters. The number of carbonyl (C=O) groups is 2. The Labute approximate surface area is 250 Å². The fraction of sp³-hybridized carbons (Fsp3) is 0.484. The maximum atomic E-state index is 14.7. The maximum absolute atomic E-state index is 14.7. The zero-order chi connectivity index (χ0) is 30.9. The number of amides is 2. The van der Waals surface area contributed by atoms with Gasteiger partial charge in [-0.15, -0.1) is 0 Å². The SMILES string of the molecule is CCN(C(=O)OC(C)(C)C)C1CCN(c2ccc(C(=O)Nc3cc(F)c4nc(C)cn4c3)c3nn(CCOC)cc23)CC1. The van der Waals surface area contributed by atoms with Gasteiger partial charge in [0.25, 0.3) is 5.91 Å². The molecule has 4 aromatic rings. The molecule has 1 aliphatic rings. The Morgan fingerprint density at radius 3 is 2.58 bits per heavy atom. The van der Waals surface area contributed by atoms with Crippen molar-refractivity contribution in [2.75, 3.05) is 43.6 Å². The fourth-order valence-electron chi connectivity index (χ4n) is 5.62. The summed E-state index contributed by atoms with van der Waals surface area (Å²) in [5, 5.41) is 8.42. The van der Waals surface area contributed by atoms with Gasteiger partial charge in [0.05, 0.1) is 30.1 Å². The minimum absolute atomic E-state index is 0.0816. The zero-order valence-corrected chi connectivity index (χ0v) is 25.7. The Morgan fingerprint density at radius 1 is 1.16 bits per heavy atom. The van der Waals surface area contributed by atoms with Gasteiger partial charge in [-0.05, 0) is 59.6 Å². The van der Waals surface area contributed by atoms with Crippen LogP contribution in [-0.4, -0.2) is 81.1 Å². The Kier molecular flexibility index (Phi) is 8.59. The molecule has 0 aliphatic carbocycles. The number of fused-ring (bicyclic) bond motifs is 2. The summed E-state index contributed by atoms with van der Waals surface area (Å²) in [4.78, 5) is 34.6. The molecule has 4 heterocycles. The van der Waals surface area contributed by atoms with Crippen molar-refractivity contribution < 1.29 is 23.5 Å². The normalized spacial score (nSPS) is 14.4. The van der Waals surface area contributed by atoms with Crippen LogP contribution in [0.25, 0.3) is 16.6 Å². The minimum atomic E-state index is -0.548. The first-order valence-corrected chi connectivity index (χ1v) is 14.7. The summed E-state index contributed by atoms with van der Waals surface area (Å²) in [6, 6.07) is 5.05. The Balaban J connectivity index is 1.39. The molecular weight excluding hydrogens is 553 g/mol. The number of anilines is 2. The number of nitrogens with zero attached hydrogens (tertiary/aromatic N) is 6. The van der Waals surface area contributed by atoms with Crippen molar-refractivity contribution in [2.24, 2.45) is 0 Å². The molecule has 0 spiro atoms. The van der Waals surface area contributed by atoms with Crippen molar-refractivity contribution in [1.29, 1.82) is 0 Å². The molecular formula is C31H40FN7O4. The number of pyridine rings is 1. The first kappa shape index (κ1) is 30.3. The molecule has 2 amide bonds. The highest BCUT2D eigenvalue weighted by molar-refractivity contribution is 6.13. The van der Waals surface area contributed by atoms with E-state index in [1.165, 1.54) is 6.07 Å². The van der Waals surface area contributed by atoms with Gasteiger partial charge in [-0.25, -0.2) is 14.2 Å². The second-order valence-corrected chi connectivity index (χ2v) is 11.9. The maximum Gasteiger partial charge on any atom is 0.410 e. The zero-order valence-electron chi connectivity index (χ0n) is 25.7. The monoisotopic (exact) mass is 593 g/mol. The summed E-state index contributed by atoms with van der Waals surface area (Å²) in [5.41, 5.74) is 2.55. The standard InChI is InChI=1S/C31H40FN7O4/c1-7-39(30(41)43-31(3,4)5)22-10-12-36(13-11-22)26-9-8-23(27-24(26)19-38(35-27)14-15-42-6)29(40)34-21-16-25(32)28-33-20(2)17-37(28)18-21/h8-9,16-19,22H,7,10-15H2,1-6H3,(H,34,40). The van der Waals surface area contributed by atoms with E-state index in [9.17, 15) is 14.0 Å². The van der Waals surface area contributed by atoms with E-state index in [1.807, 2.05) is 44.9 Å². The van der Waals surface area contributed by atoms with Gasteiger partial charge in [0.1, 0.15) is 11.1 Å². The van der Waals surface area contributed by atoms with Crippen molar-refractivity contribution in [3.05, 3.63) is 53.9 Å². The van der Waals surface area contributed by atoms with E-state index < -0.39 is 17.3 Å². The summed E-state index contributed by atoms with van der Waals surface area (Å²) < 4.78 is 28.9. The van der Waals surface area contributed by atoms with E-state index in [4.69, 9.17) is 14.6 Å². The van der Waals surface area contributed by atoms with Gasteiger partial charge >= 0.3 is 6.09 Å². The first-order valence-electron chi connectivity index (χ1n) is 14.7. The highest BCUT2D eigenvalue weighted by Gasteiger charge is 2.31. The summed E-state index contributed by atoms with van der Waals surface area (Å²) in [6.07, 6.45) is 6.57. The summed E-state index contributed by atoms with van der Waals surface area (Å²) in [5.74, 6) is -0.911. The molecule has 1 fully saturated rings. The van der Waals surface area contributed by atoms with Crippen LogP contribution in [0.3, 0.4) is 0 Å². The number of imidazole rings is 1. The molecule has 0 bridgehead atoms. The van der Waals surface area contributed by atoms with Gasteiger partial charge in [-0.1, -0.05) is 0 Å². The number of benzene rings is 1. The van der Waals surface area contributed by atoms with Crippen molar-refractivity contribution >= 4 is 39.9 Å². The number of carbonyl (C=O) groups excluding carboxylic acids is 2. The lowest BCUT2D eigenvalue weighted by molar-refractivity contribution is 0.0149. The topological polar surface area (TPSA) is 106 Å². The third-order valence-corrected chi connectivity index (χ3v) is 7.57. The average molecular weight is 594 g/mol. The second kappa shape index (κ2) is 12.2. The number of aryl methyl sites for hydroxylation is 1. The van der Waals surface area contributed by atoms with Gasteiger partial charge in [0.15, 0.2) is 11.5 Å². The molecule has 11 nitrogen and oxygen atoms in total. The van der Waals surface area contributed by atoms with Gasteiger partial charge in [0, 0.05) is 68.5 Å². The number of aromatic nitrogens is 4. The number of rotatable bonds is 8. The van der Waals surface area contributed by atoms with Crippen LogP contribution in [0.5, 0.6) is 0 Å². The number of ether oxygens (including phenoxy) is 2. The average Bonchev–Trinajstić information content (AvgIpc) is 3.54. The number of halogens is 1. The molecule has 12 heteroatoms.